The fourth-order valence-corrected chi connectivity index (χ4v) is 3.89. The molecule has 0 radical (unpaired) electrons. The maximum absolute atomic E-state index is 13.0. The summed E-state index contributed by atoms with van der Waals surface area (Å²) in [5.74, 6) is -0.307. The molecule has 0 fully saturated rings. The molecule has 4 rings (SSSR count). The Kier molecular flexibility index (Phi) is 7.07. The quantitative estimate of drug-likeness (QED) is 0.433. The number of ether oxygens (including phenoxy) is 2. The lowest BCUT2D eigenvalue weighted by Gasteiger charge is -2.23. The van der Waals surface area contributed by atoms with E-state index in [1.807, 2.05) is 24.3 Å². The molecular formula is C24H27N5O5. The van der Waals surface area contributed by atoms with Crippen molar-refractivity contribution in [1.29, 1.82) is 0 Å². The summed E-state index contributed by atoms with van der Waals surface area (Å²) in [6.45, 7) is 1.25. The van der Waals surface area contributed by atoms with Gasteiger partial charge in [0.1, 0.15) is 11.9 Å². The van der Waals surface area contributed by atoms with Crippen molar-refractivity contribution in [1.82, 2.24) is 20.2 Å². The highest BCUT2D eigenvalue weighted by atomic mass is 16.5. The van der Waals surface area contributed by atoms with E-state index in [1.54, 1.807) is 30.2 Å². The Hall–Kier alpha value is -3.92. The first kappa shape index (κ1) is 23.2. The van der Waals surface area contributed by atoms with Gasteiger partial charge in [-0.1, -0.05) is 12.1 Å². The molecule has 1 atom stereocenters. The standard InChI is InChI=1S/C24H27N5O5/c1-33-10-9-29-14-16-11-15(7-8-17(16)26-20(24(29)32)12-22(30)34-2)23(31)25-13-21-27-18-5-3-4-6-19(18)28-21/h3-8,11,20,26H,9-10,12-14H2,1-2H3,(H,25,31)(H,27,28). The van der Waals surface area contributed by atoms with Crippen molar-refractivity contribution in [2.24, 2.45) is 0 Å². The lowest BCUT2D eigenvalue weighted by Crippen LogP contribution is -2.43. The summed E-state index contributed by atoms with van der Waals surface area (Å²) in [5.41, 5.74) is 3.67. The number of nitrogens with one attached hydrogen (secondary N) is 3. The van der Waals surface area contributed by atoms with Gasteiger partial charge in [-0.15, -0.1) is 0 Å². The van der Waals surface area contributed by atoms with Crippen LogP contribution in [0.25, 0.3) is 11.0 Å². The number of para-hydroxylation sites is 2. The van der Waals surface area contributed by atoms with Crippen molar-refractivity contribution in [3.05, 3.63) is 59.4 Å². The van der Waals surface area contributed by atoms with Gasteiger partial charge in [0.2, 0.25) is 5.91 Å². The topological polar surface area (TPSA) is 126 Å². The van der Waals surface area contributed by atoms with Crippen LogP contribution in [0.2, 0.25) is 0 Å². The largest absolute Gasteiger partial charge is 0.469 e. The van der Waals surface area contributed by atoms with Gasteiger partial charge in [0.25, 0.3) is 5.91 Å². The second kappa shape index (κ2) is 10.3. The predicted molar refractivity (Wildman–Crippen MR) is 125 cm³/mol. The summed E-state index contributed by atoms with van der Waals surface area (Å²) in [6.07, 6.45) is -0.0992. The van der Waals surface area contributed by atoms with E-state index in [-0.39, 0.29) is 31.3 Å². The molecule has 2 aromatic carbocycles. The van der Waals surface area contributed by atoms with Crippen LogP contribution in [0, 0.1) is 0 Å². The number of aromatic nitrogens is 2. The second-order valence-electron chi connectivity index (χ2n) is 7.99. The number of H-pyrrole nitrogens is 1. The molecule has 3 aromatic rings. The summed E-state index contributed by atoms with van der Waals surface area (Å²) in [6, 6.07) is 12.1. The minimum absolute atomic E-state index is 0.0992. The molecule has 3 N–H and O–H groups in total. The van der Waals surface area contributed by atoms with E-state index in [0.29, 0.717) is 30.2 Å². The van der Waals surface area contributed by atoms with Crippen molar-refractivity contribution in [2.75, 3.05) is 32.7 Å². The number of nitrogens with zero attached hydrogens (tertiary/aromatic N) is 2. The SMILES string of the molecule is COCCN1Cc2cc(C(=O)NCc3nc4ccccc4[nH]3)ccc2NC(CC(=O)OC)C1=O. The second-order valence-corrected chi connectivity index (χ2v) is 7.99. The van der Waals surface area contributed by atoms with Gasteiger partial charge in [-0.05, 0) is 35.9 Å². The molecule has 1 aromatic heterocycles. The Morgan fingerprint density at radius 1 is 1.21 bits per heavy atom. The molecule has 10 heteroatoms. The molecule has 0 saturated heterocycles. The smallest absolute Gasteiger partial charge is 0.308 e. The van der Waals surface area contributed by atoms with E-state index >= 15 is 0 Å². The number of esters is 1. The zero-order chi connectivity index (χ0) is 24.1. The van der Waals surface area contributed by atoms with Crippen LogP contribution in [-0.4, -0.2) is 66.1 Å². The first-order chi connectivity index (χ1) is 16.5. The Labute approximate surface area is 196 Å². The number of carbonyl (C=O) groups is 3. The summed E-state index contributed by atoms with van der Waals surface area (Å²) < 4.78 is 9.88. The van der Waals surface area contributed by atoms with Gasteiger partial charge < -0.3 is 30.0 Å². The third-order valence-electron chi connectivity index (χ3n) is 5.69. The van der Waals surface area contributed by atoms with E-state index < -0.39 is 12.0 Å². The third-order valence-corrected chi connectivity index (χ3v) is 5.69. The number of imidazole rings is 1. The Bertz CT molecular complexity index is 1170. The fraction of sp³-hybridized carbons (Fsp3) is 0.333. The fourth-order valence-electron chi connectivity index (χ4n) is 3.89. The number of aromatic amines is 1. The average Bonchev–Trinajstić information content (AvgIpc) is 3.22. The third kappa shape index (κ3) is 5.18. The van der Waals surface area contributed by atoms with Crippen LogP contribution in [-0.2, 0) is 32.2 Å². The highest BCUT2D eigenvalue weighted by Gasteiger charge is 2.31. The minimum atomic E-state index is -0.765. The first-order valence-corrected chi connectivity index (χ1v) is 10.9. The average molecular weight is 466 g/mol. The first-order valence-electron chi connectivity index (χ1n) is 10.9. The maximum atomic E-state index is 13.0. The van der Waals surface area contributed by atoms with E-state index in [4.69, 9.17) is 9.47 Å². The monoisotopic (exact) mass is 465 g/mol. The predicted octanol–water partition coefficient (Wildman–Crippen LogP) is 1.83. The number of anilines is 1. The number of rotatable bonds is 8. The molecule has 178 valence electrons. The summed E-state index contributed by atoms with van der Waals surface area (Å²) in [5, 5.41) is 6.02. The van der Waals surface area contributed by atoms with Crippen LogP contribution in [0.1, 0.15) is 28.2 Å². The van der Waals surface area contributed by atoms with Crippen molar-refractivity contribution < 1.29 is 23.9 Å². The number of hydrogen-bond acceptors (Lipinski definition) is 7. The molecule has 0 aliphatic carbocycles. The number of carbonyl (C=O) groups excluding carboxylic acids is 3. The lowest BCUT2D eigenvalue weighted by atomic mass is 10.1. The molecule has 2 heterocycles. The van der Waals surface area contributed by atoms with E-state index in [0.717, 1.165) is 16.6 Å². The van der Waals surface area contributed by atoms with Crippen molar-refractivity contribution in [3.63, 3.8) is 0 Å². The number of hydrogen-bond donors (Lipinski definition) is 3. The van der Waals surface area contributed by atoms with E-state index in [9.17, 15) is 14.4 Å². The molecule has 2 amide bonds. The zero-order valence-electron chi connectivity index (χ0n) is 19.1. The number of benzene rings is 2. The van der Waals surface area contributed by atoms with Crippen molar-refractivity contribution in [3.8, 4) is 0 Å². The summed E-state index contributed by atoms with van der Waals surface area (Å²) in [7, 11) is 2.85. The molecule has 0 bridgehead atoms. The van der Waals surface area contributed by atoms with Crippen LogP contribution >= 0.6 is 0 Å². The van der Waals surface area contributed by atoms with Crippen LogP contribution in [0.5, 0.6) is 0 Å². The Morgan fingerprint density at radius 2 is 2.03 bits per heavy atom. The zero-order valence-corrected chi connectivity index (χ0v) is 19.1. The molecular weight excluding hydrogens is 438 g/mol. The van der Waals surface area contributed by atoms with Crippen molar-refractivity contribution in [2.45, 2.75) is 25.6 Å². The lowest BCUT2D eigenvalue weighted by molar-refractivity contribution is -0.144. The highest BCUT2D eigenvalue weighted by Crippen LogP contribution is 2.25. The normalized spacial score (nSPS) is 15.4. The van der Waals surface area contributed by atoms with Gasteiger partial charge in [-0.3, -0.25) is 14.4 Å². The summed E-state index contributed by atoms with van der Waals surface area (Å²) in [4.78, 5) is 47.0. The number of methoxy groups -OCH3 is 2. The molecule has 0 spiro atoms. The highest BCUT2D eigenvalue weighted by molar-refractivity contribution is 5.96. The van der Waals surface area contributed by atoms with Gasteiger partial charge in [-0.25, -0.2) is 4.98 Å². The number of amides is 2. The maximum Gasteiger partial charge on any atom is 0.308 e. The Morgan fingerprint density at radius 3 is 2.79 bits per heavy atom. The molecule has 34 heavy (non-hydrogen) atoms. The van der Waals surface area contributed by atoms with Gasteiger partial charge in [0.15, 0.2) is 0 Å². The van der Waals surface area contributed by atoms with Gasteiger partial charge >= 0.3 is 5.97 Å². The van der Waals surface area contributed by atoms with E-state index in [1.165, 1.54) is 7.11 Å². The molecule has 1 unspecified atom stereocenters. The molecule has 10 nitrogen and oxygen atoms in total. The van der Waals surface area contributed by atoms with Crippen molar-refractivity contribution >= 4 is 34.5 Å². The minimum Gasteiger partial charge on any atom is -0.469 e. The molecule has 0 saturated carbocycles. The van der Waals surface area contributed by atoms with Gasteiger partial charge in [0, 0.05) is 31.5 Å². The van der Waals surface area contributed by atoms with Gasteiger partial charge in [-0.2, -0.15) is 0 Å². The van der Waals surface area contributed by atoms with Gasteiger partial charge in [0.05, 0.1) is 37.7 Å². The van der Waals surface area contributed by atoms with Crippen LogP contribution in [0.3, 0.4) is 0 Å². The molecule has 1 aliphatic heterocycles. The summed E-state index contributed by atoms with van der Waals surface area (Å²) >= 11 is 0. The van der Waals surface area contributed by atoms with E-state index in [2.05, 4.69) is 20.6 Å². The van der Waals surface area contributed by atoms with Crippen LogP contribution in [0.4, 0.5) is 5.69 Å². The Balaban J connectivity index is 1.51. The molecule has 1 aliphatic rings. The van der Waals surface area contributed by atoms with Crippen LogP contribution < -0.4 is 10.6 Å². The van der Waals surface area contributed by atoms with Crippen LogP contribution in [0.15, 0.2) is 42.5 Å². The number of fused-ring (bicyclic) bond motifs is 2.